The monoisotopic (exact) mass is 884 g/mol. The Balaban J connectivity index is 0.867. The van der Waals surface area contributed by atoms with Crippen molar-refractivity contribution >= 4 is 39.3 Å². The molecular weight excluding hydrogens is 827 g/mol. The highest BCUT2D eigenvalue weighted by atomic mass is 19.1. The lowest BCUT2D eigenvalue weighted by Crippen LogP contribution is -2.56. The number of β-amino-alcohol motifs (C(OH)–C–C–N with tert-alkyl or cyclic N) is 1. The number of ether oxygens (including phenoxy) is 3. The highest BCUT2D eigenvalue weighted by Crippen LogP contribution is 2.39. The van der Waals surface area contributed by atoms with Crippen LogP contribution >= 0.6 is 0 Å². The Morgan fingerprint density at radius 1 is 1.03 bits per heavy atom. The fraction of sp³-hybridized carbons (Fsp3) is 0.553. The van der Waals surface area contributed by atoms with E-state index in [2.05, 4.69) is 36.3 Å². The van der Waals surface area contributed by atoms with E-state index in [1.54, 1.807) is 4.90 Å². The van der Waals surface area contributed by atoms with E-state index in [1.165, 1.54) is 30.5 Å². The van der Waals surface area contributed by atoms with Gasteiger partial charge in [0.15, 0.2) is 5.82 Å². The first-order chi connectivity index (χ1) is 30.7. The Labute approximate surface area is 371 Å². The predicted molar refractivity (Wildman–Crippen MR) is 237 cm³/mol. The Morgan fingerprint density at radius 3 is 2.45 bits per heavy atom. The number of phenols is 1. The van der Waals surface area contributed by atoms with E-state index in [0.717, 1.165) is 25.9 Å². The molecule has 4 fully saturated rings. The summed E-state index contributed by atoms with van der Waals surface area (Å²) in [7, 11) is 0. The summed E-state index contributed by atoms with van der Waals surface area (Å²) in [4.78, 5) is 46.2. The van der Waals surface area contributed by atoms with Crippen molar-refractivity contribution in [3.05, 3.63) is 47.7 Å². The van der Waals surface area contributed by atoms with E-state index in [4.69, 9.17) is 25.6 Å². The minimum absolute atomic E-state index is 0.00291. The van der Waals surface area contributed by atoms with Gasteiger partial charge in [-0.25, -0.2) is 8.78 Å². The van der Waals surface area contributed by atoms with E-state index in [1.807, 2.05) is 27.7 Å². The molecule has 0 saturated carbocycles. The number of aliphatic hydroxyl groups is 1. The average Bonchev–Trinajstić information content (AvgIpc) is 3.79. The Morgan fingerprint density at radius 2 is 1.77 bits per heavy atom. The summed E-state index contributed by atoms with van der Waals surface area (Å²) in [5.74, 6) is 0.764. The molecule has 2 aromatic carbocycles. The molecule has 4 saturated heterocycles. The number of phenolic OH excluding ortho intramolecular Hbond substituents is 1. The van der Waals surface area contributed by atoms with Crippen LogP contribution in [0.5, 0.6) is 11.8 Å². The van der Waals surface area contributed by atoms with Crippen molar-refractivity contribution in [3.8, 4) is 35.4 Å². The van der Waals surface area contributed by atoms with Gasteiger partial charge in [0.25, 0.3) is 0 Å². The van der Waals surface area contributed by atoms with Gasteiger partial charge in [-0.15, -0.1) is 6.42 Å². The number of aromatic nitrogens is 3. The maximum Gasteiger partial charge on any atom is 0.319 e. The number of anilines is 1. The first-order valence-electron chi connectivity index (χ1n) is 22.3. The third-order valence-corrected chi connectivity index (χ3v) is 12.8. The summed E-state index contributed by atoms with van der Waals surface area (Å²) in [5, 5.41) is 28.2. The lowest BCUT2D eigenvalue weighted by molar-refractivity contribution is -0.141. The maximum absolute atomic E-state index is 17.0. The number of rotatable bonds is 14. The van der Waals surface area contributed by atoms with Gasteiger partial charge in [-0.3, -0.25) is 14.6 Å². The molecule has 4 aliphatic heterocycles. The summed E-state index contributed by atoms with van der Waals surface area (Å²) in [6, 6.07) is 5.24. The molecule has 4 aromatic rings. The summed E-state index contributed by atoms with van der Waals surface area (Å²) < 4.78 is 49.7. The lowest BCUT2D eigenvalue weighted by atomic mass is 9.85. The van der Waals surface area contributed by atoms with Crippen molar-refractivity contribution in [1.82, 2.24) is 35.4 Å². The number of nitrogens with one attached hydrogen (secondary N) is 2. The molecule has 2 bridgehead atoms. The fourth-order valence-corrected chi connectivity index (χ4v) is 9.53. The summed E-state index contributed by atoms with van der Waals surface area (Å²) >= 11 is 0. The van der Waals surface area contributed by atoms with Gasteiger partial charge in [0.2, 0.25) is 11.8 Å². The molecule has 6 heterocycles. The summed E-state index contributed by atoms with van der Waals surface area (Å²) in [6.07, 6.45) is 10.4. The number of amides is 2. The number of carbonyl (C=O) groups is 2. The number of benzene rings is 2. The number of fused-ring (bicyclic) bond motifs is 4. The average molecular weight is 885 g/mol. The van der Waals surface area contributed by atoms with Gasteiger partial charge in [0.1, 0.15) is 47.3 Å². The van der Waals surface area contributed by atoms with E-state index < -0.39 is 35.1 Å². The lowest BCUT2D eigenvalue weighted by Gasteiger charge is -2.35. The smallest absolute Gasteiger partial charge is 0.319 e. The van der Waals surface area contributed by atoms with Crippen LogP contribution in [0, 0.1) is 29.4 Å². The molecule has 17 heteroatoms. The molecule has 4 N–H and O–H groups in total. The number of hydrogen-bond acceptors (Lipinski definition) is 13. The van der Waals surface area contributed by atoms with Gasteiger partial charge >= 0.3 is 6.01 Å². The largest absolute Gasteiger partial charge is 0.508 e. The second-order valence-electron chi connectivity index (χ2n) is 18.6. The number of carbonyl (C=O) groups excluding carboxylic acids is 2. The molecule has 8 rings (SSSR count). The van der Waals surface area contributed by atoms with Gasteiger partial charge in [-0.1, -0.05) is 32.8 Å². The molecule has 0 radical (unpaired) electrons. The first kappa shape index (κ1) is 45.3. The molecular formula is C47H58F2N8O7. The zero-order valence-corrected chi connectivity index (χ0v) is 36.9. The minimum Gasteiger partial charge on any atom is -0.508 e. The molecule has 2 amide bonds. The highest BCUT2D eigenvalue weighted by Gasteiger charge is 2.41. The van der Waals surface area contributed by atoms with E-state index >= 15 is 4.39 Å². The predicted octanol–water partition coefficient (Wildman–Crippen LogP) is 4.14. The van der Waals surface area contributed by atoms with Crippen molar-refractivity contribution in [3.63, 3.8) is 0 Å². The van der Waals surface area contributed by atoms with Gasteiger partial charge in [0.05, 0.1) is 36.9 Å². The second-order valence-corrected chi connectivity index (χ2v) is 18.6. The molecule has 2 unspecified atom stereocenters. The molecule has 5 atom stereocenters. The zero-order chi connectivity index (χ0) is 45.3. The number of hydrogen-bond donors (Lipinski definition) is 4. The number of aliphatic hydroxyl groups excluding tert-OH is 1. The molecule has 4 aliphatic rings. The van der Waals surface area contributed by atoms with Crippen LogP contribution in [0.3, 0.4) is 0 Å². The van der Waals surface area contributed by atoms with Crippen molar-refractivity contribution in [2.24, 2.45) is 5.41 Å². The van der Waals surface area contributed by atoms with Gasteiger partial charge in [-0.05, 0) is 68.0 Å². The van der Waals surface area contributed by atoms with Crippen molar-refractivity contribution in [2.45, 2.75) is 96.2 Å². The standard InChI is InChI=1S/C47H58F2N8O7/c1-6-34-37(48)10-7-28-20-31(58)21-35(39(28)34)41-40(49)42-36(22-50-41)44(56-23-29-8-9-30(24-56)51-29)54-46(53-42)64-33-11-13-55(14-12-33)15-16-62-17-18-63-26-38(60)52-43(47(3,4)5)45(61)57-25-32(59)19-27(57)2/h1,7,10,20-22,27,29-30,32-33,43,51,58-59H,8-9,11-19,23-26H2,2-5H3,(H,52,60)/t27-,29?,30?,32-,43-/m1/s1. The van der Waals surface area contributed by atoms with Gasteiger partial charge < -0.3 is 49.8 Å². The highest BCUT2D eigenvalue weighted by molar-refractivity contribution is 6.03. The van der Waals surface area contributed by atoms with E-state index in [-0.39, 0.29) is 89.4 Å². The number of likely N-dealkylation sites (tertiary alicyclic amines) is 2. The number of piperidine rings is 1. The fourth-order valence-electron chi connectivity index (χ4n) is 9.53. The number of piperazine rings is 1. The third kappa shape index (κ3) is 9.86. The van der Waals surface area contributed by atoms with Crippen LogP contribution in [0.4, 0.5) is 14.6 Å². The SMILES string of the molecule is C#Cc1c(F)ccc2cc(O)cc(-c3ncc4c(N5CC6CCC(C5)N6)nc(OC5CCN(CCOCCOCC(=O)N[C@H](C(=O)N6C[C@H](O)C[C@H]6C)C(C)(C)C)CC5)nc4c3F)c12. The molecule has 15 nitrogen and oxygen atoms in total. The van der Waals surface area contributed by atoms with Crippen LogP contribution in [0.25, 0.3) is 32.9 Å². The van der Waals surface area contributed by atoms with Crippen LogP contribution in [0.1, 0.15) is 65.4 Å². The number of halogens is 2. The number of terminal acetylenes is 1. The van der Waals surface area contributed by atoms with Crippen LogP contribution < -0.4 is 20.3 Å². The van der Waals surface area contributed by atoms with E-state index in [0.29, 0.717) is 68.7 Å². The minimum atomic E-state index is -0.762. The number of aromatic hydroxyl groups is 1. The number of nitrogens with zero attached hydrogens (tertiary/aromatic N) is 6. The van der Waals surface area contributed by atoms with Crippen LogP contribution in [0.2, 0.25) is 0 Å². The van der Waals surface area contributed by atoms with Crippen LogP contribution in [-0.2, 0) is 19.1 Å². The van der Waals surface area contributed by atoms with E-state index in [9.17, 15) is 24.2 Å². The Kier molecular flexibility index (Phi) is 13.5. The van der Waals surface area contributed by atoms with Crippen molar-refractivity contribution < 1.29 is 42.8 Å². The van der Waals surface area contributed by atoms with Crippen LogP contribution in [-0.4, -0.2) is 149 Å². The Hall–Kier alpha value is -5.25. The van der Waals surface area contributed by atoms with Gasteiger partial charge in [0, 0.05) is 74.5 Å². The summed E-state index contributed by atoms with van der Waals surface area (Å²) in [6.45, 7) is 12.1. The zero-order valence-electron chi connectivity index (χ0n) is 36.9. The maximum atomic E-state index is 17.0. The molecule has 2 aromatic heterocycles. The molecule has 0 spiro atoms. The van der Waals surface area contributed by atoms with Crippen molar-refractivity contribution in [2.75, 3.05) is 70.6 Å². The quantitative estimate of drug-likeness (QED) is 0.105. The molecule has 0 aliphatic carbocycles. The third-order valence-electron chi connectivity index (χ3n) is 12.8. The molecule has 342 valence electrons. The second kappa shape index (κ2) is 19.1. The first-order valence-corrected chi connectivity index (χ1v) is 22.3. The topological polar surface area (TPSA) is 175 Å². The summed E-state index contributed by atoms with van der Waals surface area (Å²) in [5.41, 5.74) is -0.576. The van der Waals surface area contributed by atoms with Gasteiger partial charge in [-0.2, -0.15) is 9.97 Å². The number of pyridine rings is 1. The van der Waals surface area contributed by atoms with Crippen LogP contribution in [0.15, 0.2) is 30.5 Å². The normalized spacial score (nSPS) is 22.3. The molecule has 64 heavy (non-hydrogen) atoms. The Bertz CT molecular complexity index is 2410. The van der Waals surface area contributed by atoms with Crippen molar-refractivity contribution in [1.29, 1.82) is 0 Å².